The van der Waals surface area contributed by atoms with Crippen molar-refractivity contribution in [3.8, 4) is 0 Å². The molecule has 0 amide bonds. The average molecular weight is 244 g/mol. The topological polar surface area (TPSA) is 20.2 Å². The summed E-state index contributed by atoms with van der Waals surface area (Å²) in [5.41, 5.74) is 0. The zero-order valence-corrected chi connectivity index (χ0v) is 13.1. The van der Waals surface area contributed by atoms with Crippen LogP contribution < -0.4 is 0 Å². The zero-order chi connectivity index (χ0) is 12.7. The fourth-order valence-electron chi connectivity index (χ4n) is 2.21. The van der Waals surface area contributed by atoms with Crippen molar-refractivity contribution in [3.63, 3.8) is 0 Å². The lowest BCUT2D eigenvalue weighted by molar-refractivity contribution is 0.0896. The van der Waals surface area contributed by atoms with Gasteiger partial charge in [0, 0.05) is 0 Å². The summed E-state index contributed by atoms with van der Waals surface area (Å²) in [6, 6.07) is 0. The average Bonchev–Trinajstić information content (AvgIpc) is 2.17. The monoisotopic (exact) mass is 244 g/mol. The van der Waals surface area contributed by atoms with Crippen molar-refractivity contribution in [2.45, 2.75) is 90.1 Å². The van der Waals surface area contributed by atoms with Gasteiger partial charge in [-0.15, -0.1) is 0 Å². The van der Waals surface area contributed by atoms with Crippen molar-refractivity contribution in [3.05, 3.63) is 0 Å². The van der Waals surface area contributed by atoms with E-state index in [1.807, 2.05) is 0 Å². The summed E-state index contributed by atoms with van der Waals surface area (Å²) < 4.78 is 0. The van der Waals surface area contributed by atoms with Crippen LogP contribution in [0.5, 0.6) is 0 Å². The quantitative estimate of drug-likeness (QED) is 0.458. The maximum absolute atomic E-state index is 10.9. The first-order chi connectivity index (χ1) is 7.37. The highest BCUT2D eigenvalue weighted by Gasteiger charge is 2.40. The molecule has 0 rings (SSSR count). The highest BCUT2D eigenvalue weighted by atomic mass is 28.3. The van der Waals surface area contributed by atoms with Gasteiger partial charge in [0.2, 0.25) is 0 Å². The summed E-state index contributed by atoms with van der Waals surface area (Å²) in [4.78, 5) is 0. The van der Waals surface area contributed by atoms with Crippen molar-refractivity contribution in [1.29, 1.82) is 0 Å². The molecule has 0 aliphatic carbocycles. The van der Waals surface area contributed by atoms with E-state index in [4.69, 9.17) is 0 Å². The maximum Gasteiger partial charge on any atom is 0.0820 e. The molecule has 0 aromatic rings. The van der Waals surface area contributed by atoms with Gasteiger partial charge < -0.3 is 5.11 Å². The largest absolute Gasteiger partial charge is 0.393 e. The molecular formula is C14H32OSi. The fourth-order valence-corrected chi connectivity index (χ4v) is 4.06. The van der Waals surface area contributed by atoms with E-state index in [0.29, 0.717) is 0 Å². The molecule has 0 atom stereocenters. The molecule has 0 heterocycles. The van der Waals surface area contributed by atoms with Gasteiger partial charge in [-0.3, -0.25) is 0 Å². The molecule has 0 radical (unpaired) electrons. The SMILES string of the molecule is CCCCCC(O)(CCCCC)[Si](C)(C)C. The molecule has 1 N–H and O–H groups in total. The van der Waals surface area contributed by atoms with Gasteiger partial charge in [-0.2, -0.15) is 0 Å². The Balaban J connectivity index is 4.26. The molecule has 2 heteroatoms. The smallest absolute Gasteiger partial charge is 0.0820 e. The van der Waals surface area contributed by atoms with E-state index in [1.165, 1.54) is 38.5 Å². The van der Waals surface area contributed by atoms with Crippen LogP contribution in [0.3, 0.4) is 0 Å². The second kappa shape index (κ2) is 7.49. The Hall–Kier alpha value is 0.177. The summed E-state index contributed by atoms with van der Waals surface area (Å²) in [5.74, 6) is 0. The van der Waals surface area contributed by atoms with Gasteiger partial charge in [0.15, 0.2) is 0 Å². The lowest BCUT2D eigenvalue weighted by atomic mass is 10.0. The number of unbranched alkanes of at least 4 members (excludes halogenated alkanes) is 4. The molecule has 0 aromatic carbocycles. The van der Waals surface area contributed by atoms with Crippen LogP contribution in [0, 0.1) is 0 Å². The first-order valence-electron chi connectivity index (χ1n) is 7.09. The number of aliphatic hydroxyl groups is 1. The molecule has 0 saturated heterocycles. The van der Waals surface area contributed by atoms with Crippen molar-refractivity contribution in [1.82, 2.24) is 0 Å². The maximum atomic E-state index is 10.9. The molecule has 0 aliphatic rings. The lowest BCUT2D eigenvalue weighted by Gasteiger charge is -2.39. The summed E-state index contributed by atoms with van der Waals surface area (Å²) in [6.45, 7) is 11.4. The van der Waals surface area contributed by atoms with E-state index in [9.17, 15) is 5.11 Å². The minimum absolute atomic E-state index is 0.322. The Kier molecular flexibility index (Phi) is 7.58. The molecule has 0 unspecified atom stereocenters. The minimum Gasteiger partial charge on any atom is -0.393 e. The minimum atomic E-state index is -1.46. The van der Waals surface area contributed by atoms with Crippen LogP contribution >= 0.6 is 0 Å². The summed E-state index contributed by atoms with van der Waals surface area (Å²) in [5, 5.41) is 10.5. The molecule has 0 aromatic heterocycles. The Labute approximate surface area is 104 Å². The zero-order valence-electron chi connectivity index (χ0n) is 12.1. The molecule has 0 aliphatic heterocycles. The van der Waals surface area contributed by atoms with Gasteiger partial charge in [0.1, 0.15) is 0 Å². The molecule has 1 nitrogen and oxygen atoms in total. The van der Waals surface area contributed by atoms with E-state index in [-0.39, 0.29) is 5.22 Å². The third-order valence-corrected chi connectivity index (χ3v) is 7.08. The van der Waals surface area contributed by atoms with Crippen LogP contribution in [0.15, 0.2) is 0 Å². The standard InChI is InChI=1S/C14H32OSi/c1-6-8-10-12-14(15,16(3,4)5)13-11-9-7-2/h15H,6-13H2,1-5H3. The second-order valence-electron chi connectivity index (χ2n) is 6.20. The predicted octanol–water partition coefficient (Wildman–Crippen LogP) is 4.76. The summed E-state index contributed by atoms with van der Waals surface area (Å²) in [7, 11) is -1.46. The van der Waals surface area contributed by atoms with Gasteiger partial charge in [-0.05, 0) is 12.8 Å². The van der Waals surface area contributed by atoms with E-state index in [2.05, 4.69) is 33.5 Å². The Morgan fingerprint density at radius 2 is 1.19 bits per heavy atom. The first-order valence-corrected chi connectivity index (χ1v) is 10.6. The van der Waals surface area contributed by atoms with Crippen LogP contribution in [0.25, 0.3) is 0 Å². The van der Waals surface area contributed by atoms with Crippen molar-refractivity contribution in [2.24, 2.45) is 0 Å². The summed E-state index contributed by atoms with van der Waals surface area (Å²) >= 11 is 0. The second-order valence-corrected chi connectivity index (χ2v) is 11.6. The van der Waals surface area contributed by atoms with Crippen molar-refractivity contribution in [2.75, 3.05) is 0 Å². The molecule has 0 saturated carbocycles. The van der Waals surface area contributed by atoms with Gasteiger partial charge >= 0.3 is 0 Å². The first kappa shape index (κ1) is 16.2. The van der Waals surface area contributed by atoms with Gasteiger partial charge in [-0.1, -0.05) is 72.0 Å². The normalized spacial score (nSPS) is 13.1. The van der Waals surface area contributed by atoms with E-state index in [1.54, 1.807) is 0 Å². The molecule has 98 valence electrons. The van der Waals surface area contributed by atoms with E-state index >= 15 is 0 Å². The van der Waals surface area contributed by atoms with Crippen LogP contribution in [0.2, 0.25) is 19.6 Å². The van der Waals surface area contributed by atoms with Gasteiger partial charge in [-0.25, -0.2) is 0 Å². The molecule has 0 fully saturated rings. The molecule has 0 bridgehead atoms. The number of rotatable bonds is 9. The number of hydrogen-bond donors (Lipinski definition) is 1. The third kappa shape index (κ3) is 5.49. The highest BCUT2D eigenvalue weighted by Crippen LogP contribution is 2.31. The molecule has 16 heavy (non-hydrogen) atoms. The highest BCUT2D eigenvalue weighted by molar-refractivity contribution is 6.78. The van der Waals surface area contributed by atoms with Crippen LogP contribution in [-0.4, -0.2) is 18.4 Å². The van der Waals surface area contributed by atoms with E-state index in [0.717, 1.165) is 12.8 Å². The third-order valence-electron chi connectivity index (χ3n) is 3.78. The van der Waals surface area contributed by atoms with Crippen LogP contribution in [0.4, 0.5) is 0 Å². The van der Waals surface area contributed by atoms with Crippen molar-refractivity contribution >= 4 is 8.07 Å². The predicted molar refractivity (Wildman–Crippen MR) is 76.6 cm³/mol. The molecular weight excluding hydrogens is 212 g/mol. The number of hydrogen-bond acceptors (Lipinski definition) is 1. The Bertz CT molecular complexity index is 162. The fraction of sp³-hybridized carbons (Fsp3) is 1.00. The lowest BCUT2D eigenvalue weighted by Crippen LogP contribution is -2.52. The Morgan fingerprint density at radius 1 is 0.812 bits per heavy atom. The van der Waals surface area contributed by atoms with Crippen molar-refractivity contribution < 1.29 is 5.11 Å². The summed E-state index contributed by atoms with van der Waals surface area (Å²) in [6.07, 6.45) is 9.47. The van der Waals surface area contributed by atoms with Crippen LogP contribution in [-0.2, 0) is 0 Å². The van der Waals surface area contributed by atoms with Crippen LogP contribution in [0.1, 0.15) is 65.2 Å². The van der Waals surface area contributed by atoms with Gasteiger partial charge in [0.05, 0.1) is 13.3 Å². The van der Waals surface area contributed by atoms with Gasteiger partial charge in [0.25, 0.3) is 0 Å². The Morgan fingerprint density at radius 3 is 1.44 bits per heavy atom. The van der Waals surface area contributed by atoms with E-state index < -0.39 is 8.07 Å². The molecule has 0 spiro atoms.